The van der Waals surface area contributed by atoms with Crippen LogP contribution in [0.4, 0.5) is 0 Å². The monoisotopic (exact) mass is 388 g/mol. The zero-order valence-corrected chi connectivity index (χ0v) is 16.2. The van der Waals surface area contributed by atoms with E-state index in [4.69, 9.17) is 17.3 Å². The summed E-state index contributed by atoms with van der Waals surface area (Å²) in [6.07, 6.45) is 3.77. The minimum Gasteiger partial charge on any atom is -0.366 e. The molecule has 0 aliphatic carbocycles. The summed E-state index contributed by atoms with van der Waals surface area (Å²) >= 11 is 7.51. The Hall–Kier alpha value is -1.69. The van der Waals surface area contributed by atoms with Crippen molar-refractivity contribution in [3.8, 4) is 0 Å². The van der Waals surface area contributed by atoms with Crippen molar-refractivity contribution in [1.82, 2.24) is 4.90 Å². The predicted molar refractivity (Wildman–Crippen MR) is 104 cm³/mol. The first kappa shape index (κ1) is 17.7. The molecule has 4 nitrogen and oxygen atoms in total. The van der Waals surface area contributed by atoms with Crippen LogP contribution in [-0.4, -0.2) is 29.7 Å². The van der Waals surface area contributed by atoms with E-state index in [0.717, 1.165) is 35.3 Å². The number of ketones is 1. The molecule has 4 rings (SSSR count). The Kier molecular flexibility index (Phi) is 4.63. The molecule has 26 heavy (non-hydrogen) atoms. The number of fused-ring (bicyclic) bond motifs is 4. The van der Waals surface area contributed by atoms with Gasteiger partial charge in [-0.3, -0.25) is 14.5 Å². The van der Waals surface area contributed by atoms with E-state index in [1.54, 1.807) is 23.5 Å². The molecule has 1 fully saturated rings. The fourth-order valence-corrected chi connectivity index (χ4v) is 5.93. The molecule has 0 saturated carbocycles. The van der Waals surface area contributed by atoms with E-state index in [9.17, 15) is 9.59 Å². The highest BCUT2D eigenvalue weighted by Crippen LogP contribution is 2.48. The van der Waals surface area contributed by atoms with Crippen molar-refractivity contribution in [1.29, 1.82) is 0 Å². The van der Waals surface area contributed by atoms with Crippen LogP contribution in [-0.2, 0) is 24.1 Å². The van der Waals surface area contributed by atoms with Crippen molar-refractivity contribution in [2.45, 2.75) is 44.2 Å². The number of halogens is 1. The number of Topliss-reactive ketones (excluding diaryl/α,β-unsaturated/α-hetero) is 1. The fraction of sp³-hybridized carbons (Fsp3) is 0.400. The van der Waals surface area contributed by atoms with Crippen LogP contribution < -0.4 is 5.73 Å². The van der Waals surface area contributed by atoms with Crippen LogP contribution in [0.25, 0.3) is 0 Å². The molecule has 1 unspecified atom stereocenters. The molecule has 2 N–H and O–H groups in total. The molecule has 1 saturated heterocycles. The highest BCUT2D eigenvalue weighted by Gasteiger charge is 2.41. The van der Waals surface area contributed by atoms with Gasteiger partial charge in [-0.2, -0.15) is 0 Å². The second kappa shape index (κ2) is 6.80. The van der Waals surface area contributed by atoms with Gasteiger partial charge in [-0.25, -0.2) is 0 Å². The molecule has 1 aromatic carbocycles. The van der Waals surface area contributed by atoms with Gasteiger partial charge in [-0.1, -0.05) is 23.7 Å². The van der Waals surface area contributed by atoms with E-state index in [1.807, 2.05) is 12.1 Å². The number of rotatable bonds is 5. The molecule has 2 aliphatic heterocycles. The summed E-state index contributed by atoms with van der Waals surface area (Å²) in [5.41, 5.74) is 8.35. The van der Waals surface area contributed by atoms with Crippen molar-refractivity contribution in [2.24, 2.45) is 5.73 Å². The first-order chi connectivity index (χ1) is 12.4. The van der Waals surface area contributed by atoms with Crippen LogP contribution in [0, 0.1) is 0 Å². The lowest BCUT2D eigenvalue weighted by Gasteiger charge is -2.31. The number of nitrogens with two attached hydrogens (primary N) is 1. The summed E-state index contributed by atoms with van der Waals surface area (Å²) in [5, 5.41) is 0.655. The Labute approximate surface area is 161 Å². The summed E-state index contributed by atoms with van der Waals surface area (Å²) in [4.78, 5) is 29.2. The van der Waals surface area contributed by atoms with Gasteiger partial charge in [-0.05, 0) is 49.6 Å². The second-order valence-corrected chi connectivity index (χ2v) is 8.86. The highest BCUT2D eigenvalue weighted by atomic mass is 35.5. The molecule has 1 aromatic heterocycles. The van der Waals surface area contributed by atoms with Gasteiger partial charge in [0.25, 0.3) is 0 Å². The number of hydrogen-bond donors (Lipinski definition) is 1. The molecule has 0 radical (unpaired) electrons. The Balaban J connectivity index is 1.60. The summed E-state index contributed by atoms with van der Waals surface area (Å²) in [6, 6.07) is 8.11. The zero-order valence-electron chi connectivity index (χ0n) is 14.6. The van der Waals surface area contributed by atoms with E-state index in [0.29, 0.717) is 23.0 Å². The van der Waals surface area contributed by atoms with Crippen LogP contribution in [0.15, 0.2) is 24.3 Å². The van der Waals surface area contributed by atoms with E-state index < -0.39 is 5.91 Å². The van der Waals surface area contributed by atoms with Gasteiger partial charge in [0.05, 0.1) is 5.56 Å². The predicted octanol–water partition coefficient (Wildman–Crippen LogP) is 3.55. The van der Waals surface area contributed by atoms with Gasteiger partial charge < -0.3 is 5.73 Å². The number of carbonyl (C=O) groups excluding carboxylic acids is 2. The number of hydrogen-bond acceptors (Lipinski definition) is 4. The molecule has 6 heteroatoms. The SMILES string of the molecule is CN1C2CC[C@H]1c1c(sc(CC(=O)Cc3ccc(Cl)cc3)c1C(N)=O)C2. The maximum Gasteiger partial charge on any atom is 0.250 e. The van der Waals surface area contributed by atoms with Crippen molar-refractivity contribution < 1.29 is 9.59 Å². The normalized spacial score (nSPS) is 21.6. The van der Waals surface area contributed by atoms with Gasteiger partial charge >= 0.3 is 0 Å². The number of benzene rings is 1. The molecule has 136 valence electrons. The number of nitrogens with zero attached hydrogens (tertiary/aromatic N) is 1. The Morgan fingerprint density at radius 1 is 1.23 bits per heavy atom. The largest absolute Gasteiger partial charge is 0.366 e. The van der Waals surface area contributed by atoms with Crippen molar-refractivity contribution in [2.75, 3.05) is 7.05 Å². The third-order valence-electron chi connectivity index (χ3n) is 5.61. The van der Waals surface area contributed by atoms with Crippen molar-refractivity contribution in [3.63, 3.8) is 0 Å². The molecule has 2 aromatic rings. The third kappa shape index (κ3) is 3.08. The van der Waals surface area contributed by atoms with Gasteiger partial charge in [-0.15, -0.1) is 11.3 Å². The Morgan fingerprint density at radius 3 is 2.65 bits per heavy atom. The lowest BCUT2D eigenvalue weighted by molar-refractivity contribution is -0.117. The highest BCUT2D eigenvalue weighted by molar-refractivity contribution is 7.12. The molecule has 0 spiro atoms. The molecule has 2 aliphatic rings. The van der Waals surface area contributed by atoms with Gasteiger partial charge in [0.15, 0.2) is 0 Å². The fourth-order valence-electron chi connectivity index (χ4n) is 4.33. The maximum atomic E-state index is 12.6. The van der Waals surface area contributed by atoms with Gasteiger partial charge in [0.2, 0.25) is 5.91 Å². The molecule has 2 atom stereocenters. The van der Waals surface area contributed by atoms with E-state index >= 15 is 0 Å². The average molecular weight is 389 g/mol. The Bertz CT molecular complexity index is 875. The topological polar surface area (TPSA) is 63.4 Å². The number of likely N-dealkylation sites (N-methyl/N-ethyl adjacent to an activating group) is 1. The standard InChI is InChI=1S/C20H21ClN2O2S/c1-23-13-6-7-15(23)18-16(9-13)26-17(19(18)20(22)25)10-14(24)8-11-2-4-12(21)5-3-11/h2-5,13,15H,6-10H2,1H3,(H2,22,25)/t13?,15-/m0/s1. The van der Waals surface area contributed by atoms with Crippen LogP contribution in [0.3, 0.4) is 0 Å². The first-order valence-corrected chi connectivity index (χ1v) is 10.1. The quantitative estimate of drug-likeness (QED) is 0.851. The van der Waals surface area contributed by atoms with Gasteiger partial charge in [0.1, 0.15) is 5.78 Å². The summed E-state index contributed by atoms with van der Waals surface area (Å²) in [6.45, 7) is 0. The molecule has 2 bridgehead atoms. The lowest BCUT2D eigenvalue weighted by atomic mass is 9.94. The van der Waals surface area contributed by atoms with Crippen LogP contribution in [0.1, 0.15) is 50.1 Å². The van der Waals surface area contributed by atoms with E-state index in [2.05, 4.69) is 11.9 Å². The second-order valence-electron chi connectivity index (χ2n) is 7.24. The smallest absolute Gasteiger partial charge is 0.250 e. The third-order valence-corrected chi connectivity index (χ3v) is 7.09. The van der Waals surface area contributed by atoms with Crippen LogP contribution in [0.2, 0.25) is 5.02 Å². The van der Waals surface area contributed by atoms with E-state index in [1.165, 1.54) is 4.88 Å². The number of primary amides is 1. The minimum atomic E-state index is -0.407. The minimum absolute atomic E-state index is 0.0898. The van der Waals surface area contributed by atoms with Crippen LogP contribution in [0.5, 0.6) is 0 Å². The molecular weight excluding hydrogens is 368 g/mol. The number of thiophene rings is 1. The average Bonchev–Trinajstić information content (AvgIpc) is 3.05. The summed E-state index contributed by atoms with van der Waals surface area (Å²) < 4.78 is 0. The maximum absolute atomic E-state index is 12.6. The van der Waals surface area contributed by atoms with E-state index in [-0.39, 0.29) is 18.2 Å². The summed E-state index contributed by atoms with van der Waals surface area (Å²) in [7, 11) is 2.12. The Morgan fingerprint density at radius 2 is 1.96 bits per heavy atom. The lowest BCUT2D eigenvalue weighted by Crippen LogP contribution is -2.34. The number of amides is 1. The first-order valence-electron chi connectivity index (χ1n) is 8.86. The van der Waals surface area contributed by atoms with Gasteiger partial charge in [0, 0.05) is 39.7 Å². The van der Waals surface area contributed by atoms with Crippen molar-refractivity contribution in [3.05, 3.63) is 55.7 Å². The van der Waals surface area contributed by atoms with Crippen LogP contribution >= 0.6 is 22.9 Å². The molecular formula is C20H21ClN2O2S. The molecule has 3 heterocycles. The molecule has 1 amide bonds. The zero-order chi connectivity index (χ0) is 18.4. The van der Waals surface area contributed by atoms with Crippen molar-refractivity contribution >= 4 is 34.6 Å². The summed E-state index contributed by atoms with van der Waals surface area (Å²) in [5.74, 6) is -0.317. The number of carbonyl (C=O) groups is 2.